The van der Waals surface area contributed by atoms with Crippen LogP contribution in [0.2, 0.25) is 5.02 Å². The number of carbonyl (C=O) groups excluding carboxylic acids is 1. The second-order valence-corrected chi connectivity index (χ2v) is 3.96. The first-order chi connectivity index (χ1) is 7.68. The van der Waals surface area contributed by atoms with Crippen LogP contribution in [-0.4, -0.2) is 32.3 Å². The van der Waals surface area contributed by atoms with Crippen molar-refractivity contribution in [2.75, 3.05) is 31.2 Å². The summed E-state index contributed by atoms with van der Waals surface area (Å²) in [6, 6.07) is 4.57. The fraction of sp³-hybridized carbons (Fsp3) is 0.364. The van der Waals surface area contributed by atoms with Crippen molar-refractivity contribution < 1.29 is 14.6 Å². The first kappa shape index (κ1) is 11.2. The lowest BCUT2D eigenvalue weighted by Gasteiger charge is -2.30. The van der Waals surface area contributed by atoms with Gasteiger partial charge in [0, 0.05) is 13.1 Å². The summed E-state index contributed by atoms with van der Waals surface area (Å²) in [5, 5.41) is 11.3. The van der Waals surface area contributed by atoms with Crippen molar-refractivity contribution in [1.29, 1.82) is 0 Å². The number of carbonyl (C=O) groups is 1. The molecule has 0 atom stereocenters. The highest BCUT2D eigenvalue weighted by Crippen LogP contribution is 2.27. The van der Waals surface area contributed by atoms with Crippen LogP contribution in [-0.2, 0) is 4.74 Å². The summed E-state index contributed by atoms with van der Waals surface area (Å²) < 4.78 is 5.23. The van der Waals surface area contributed by atoms with Crippen molar-refractivity contribution in [2.24, 2.45) is 0 Å². The zero-order chi connectivity index (χ0) is 11.5. The fourth-order valence-electron chi connectivity index (χ4n) is 1.69. The third-order valence-corrected chi connectivity index (χ3v) is 2.85. The van der Waals surface area contributed by atoms with E-state index in [-0.39, 0.29) is 5.56 Å². The summed E-state index contributed by atoms with van der Waals surface area (Å²) in [7, 11) is 0. The molecule has 1 aliphatic rings. The van der Waals surface area contributed by atoms with Crippen LogP contribution in [0.4, 0.5) is 5.69 Å². The van der Waals surface area contributed by atoms with E-state index in [4.69, 9.17) is 16.3 Å². The molecule has 0 amide bonds. The van der Waals surface area contributed by atoms with Crippen molar-refractivity contribution in [2.45, 2.75) is 0 Å². The molecule has 1 fully saturated rings. The first-order valence-electron chi connectivity index (χ1n) is 5.02. The first-order valence-corrected chi connectivity index (χ1v) is 5.40. The molecule has 1 aromatic carbocycles. The zero-order valence-electron chi connectivity index (χ0n) is 8.61. The summed E-state index contributed by atoms with van der Waals surface area (Å²) in [6.07, 6.45) is 0. The largest absolute Gasteiger partial charge is 0.545 e. The summed E-state index contributed by atoms with van der Waals surface area (Å²) >= 11 is 6.04. The molecule has 0 N–H and O–H groups in total. The minimum absolute atomic E-state index is 0.144. The van der Waals surface area contributed by atoms with E-state index in [1.54, 1.807) is 12.1 Å². The predicted octanol–water partition coefficient (Wildman–Crippen LogP) is 0.540. The van der Waals surface area contributed by atoms with E-state index in [1.165, 1.54) is 6.07 Å². The standard InChI is InChI=1S/C11H12ClNO3/c12-9-2-1-8(11(14)15)7-10(9)13-3-5-16-6-4-13/h1-2,7H,3-6H2,(H,14,15)/p-1. The van der Waals surface area contributed by atoms with Crippen LogP contribution in [0.5, 0.6) is 0 Å². The highest BCUT2D eigenvalue weighted by Gasteiger charge is 2.14. The van der Waals surface area contributed by atoms with Crippen LogP contribution in [0.15, 0.2) is 18.2 Å². The van der Waals surface area contributed by atoms with E-state index >= 15 is 0 Å². The lowest BCUT2D eigenvalue weighted by Crippen LogP contribution is -2.36. The van der Waals surface area contributed by atoms with Crippen molar-refractivity contribution in [1.82, 2.24) is 0 Å². The van der Waals surface area contributed by atoms with Gasteiger partial charge in [0.2, 0.25) is 0 Å². The van der Waals surface area contributed by atoms with Crippen LogP contribution in [0.3, 0.4) is 0 Å². The Morgan fingerprint density at radius 2 is 2.06 bits per heavy atom. The number of nitrogens with zero attached hydrogens (tertiary/aromatic N) is 1. The van der Waals surface area contributed by atoms with Crippen molar-refractivity contribution in [3.8, 4) is 0 Å². The molecule has 1 aromatic rings. The van der Waals surface area contributed by atoms with Crippen LogP contribution < -0.4 is 10.0 Å². The molecule has 4 nitrogen and oxygen atoms in total. The number of hydrogen-bond donors (Lipinski definition) is 0. The Kier molecular flexibility index (Phi) is 3.31. The Morgan fingerprint density at radius 3 is 2.69 bits per heavy atom. The normalized spacial score (nSPS) is 16.2. The monoisotopic (exact) mass is 240 g/mol. The van der Waals surface area contributed by atoms with Gasteiger partial charge < -0.3 is 19.5 Å². The quantitative estimate of drug-likeness (QED) is 0.757. The maximum atomic E-state index is 10.7. The van der Waals surface area contributed by atoms with E-state index in [1.807, 2.05) is 4.90 Å². The molecule has 0 aliphatic carbocycles. The molecule has 2 rings (SSSR count). The Labute approximate surface area is 98.4 Å². The van der Waals surface area contributed by atoms with Crippen molar-refractivity contribution in [3.05, 3.63) is 28.8 Å². The third kappa shape index (κ3) is 2.28. The summed E-state index contributed by atoms with van der Waals surface area (Å²) in [6.45, 7) is 2.70. The Morgan fingerprint density at radius 1 is 1.38 bits per heavy atom. The van der Waals surface area contributed by atoms with Gasteiger partial charge in [0.25, 0.3) is 0 Å². The number of ether oxygens (including phenoxy) is 1. The number of hydrogen-bond acceptors (Lipinski definition) is 4. The fourth-order valence-corrected chi connectivity index (χ4v) is 1.92. The maximum Gasteiger partial charge on any atom is 0.0716 e. The maximum absolute atomic E-state index is 10.7. The molecule has 0 unspecified atom stereocenters. The van der Waals surface area contributed by atoms with Gasteiger partial charge in [0.1, 0.15) is 0 Å². The average molecular weight is 241 g/mol. The van der Waals surface area contributed by atoms with E-state index in [0.717, 1.165) is 18.8 Å². The number of morpholine rings is 1. The van der Waals surface area contributed by atoms with Gasteiger partial charge in [0.15, 0.2) is 0 Å². The number of anilines is 1. The molecule has 16 heavy (non-hydrogen) atoms. The molecular formula is C11H11ClNO3-. The van der Waals surface area contributed by atoms with Crippen LogP contribution >= 0.6 is 11.6 Å². The van der Waals surface area contributed by atoms with Gasteiger partial charge in [-0.25, -0.2) is 0 Å². The molecule has 0 spiro atoms. The number of benzene rings is 1. The number of rotatable bonds is 2. The Bertz CT molecular complexity index is 402. The smallest absolute Gasteiger partial charge is 0.0716 e. The molecule has 0 aromatic heterocycles. The molecule has 5 heteroatoms. The highest BCUT2D eigenvalue weighted by atomic mass is 35.5. The number of carboxylic acid groups (broad SMARTS) is 1. The van der Waals surface area contributed by atoms with Gasteiger partial charge in [-0.15, -0.1) is 0 Å². The summed E-state index contributed by atoms with van der Waals surface area (Å²) in [4.78, 5) is 12.8. The Hall–Kier alpha value is -1.26. The molecule has 1 aliphatic heterocycles. The molecule has 0 bridgehead atoms. The second-order valence-electron chi connectivity index (χ2n) is 3.55. The van der Waals surface area contributed by atoms with E-state index in [0.29, 0.717) is 18.2 Å². The van der Waals surface area contributed by atoms with Crippen LogP contribution in [0.25, 0.3) is 0 Å². The Balaban J connectivity index is 2.30. The minimum Gasteiger partial charge on any atom is -0.545 e. The molecule has 0 saturated carbocycles. The van der Waals surface area contributed by atoms with E-state index < -0.39 is 5.97 Å². The lowest BCUT2D eigenvalue weighted by atomic mass is 10.2. The lowest BCUT2D eigenvalue weighted by molar-refractivity contribution is -0.255. The number of carboxylic acids is 1. The van der Waals surface area contributed by atoms with Gasteiger partial charge in [-0.2, -0.15) is 0 Å². The average Bonchev–Trinajstić information content (AvgIpc) is 2.30. The summed E-state index contributed by atoms with van der Waals surface area (Å²) in [5.41, 5.74) is 0.873. The van der Waals surface area contributed by atoms with Gasteiger partial charge in [0.05, 0.1) is 29.9 Å². The second kappa shape index (κ2) is 4.72. The van der Waals surface area contributed by atoms with E-state index in [9.17, 15) is 9.90 Å². The third-order valence-electron chi connectivity index (χ3n) is 2.53. The SMILES string of the molecule is O=C([O-])c1ccc(Cl)c(N2CCOCC2)c1. The molecule has 1 saturated heterocycles. The van der Waals surface area contributed by atoms with Crippen molar-refractivity contribution >= 4 is 23.3 Å². The van der Waals surface area contributed by atoms with Gasteiger partial charge >= 0.3 is 0 Å². The van der Waals surface area contributed by atoms with Crippen LogP contribution in [0.1, 0.15) is 10.4 Å². The van der Waals surface area contributed by atoms with Gasteiger partial charge in [-0.3, -0.25) is 0 Å². The van der Waals surface area contributed by atoms with Crippen molar-refractivity contribution in [3.63, 3.8) is 0 Å². The predicted molar refractivity (Wildman–Crippen MR) is 58.8 cm³/mol. The molecular weight excluding hydrogens is 230 g/mol. The number of halogens is 1. The van der Waals surface area contributed by atoms with Gasteiger partial charge in [-0.1, -0.05) is 17.7 Å². The highest BCUT2D eigenvalue weighted by molar-refractivity contribution is 6.33. The molecule has 0 radical (unpaired) electrons. The van der Waals surface area contributed by atoms with Gasteiger partial charge in [-0.05, 0) is 17.7 Å². The van der Waals surface area contributed by atoms with E-state index in [2.05, 4.69) is 0 Å². The van der Waals surface area contributed by atoms with Crippen LogP contribution in [0, 0.1) is 0 Å². The molecule has 1 heterocycles. The topological polar surface area (TPSA) is 52.6 Å². The minimum atomic E-state index is -1.19. The summed E-state index contributed by atoms with van der Waals surface area (Å²) in [5.74, 6) is -1.19. The zero-order valence-corrected chi connectivity index (χ0v) is 9.37. The number of aromatic carboxylic acids is 1. The molecule has 86 valence electrons.